The minimum Gasteiger partial charge on any atom is -0.389 e. The van der Waals surface area contributed by atoms with Crippen molar-refractivity contribution >= 4 is 27.3 Å². The Hall–Kier alpha value is -1.39. The van der Waals surface area contributed by atoms with Crippen molar-refractivity contribution < 1.29 is 9.50 Å². The molecule has 104 valence electrons. The van der Waals surface area contributed by atoms with Gasteiger partial charge in [0.2, 0.25) is 0 Å². The van der Waals surface area contributed by atoms with Crippen molar-refractivity contribution in [3.63, 3.8) is 0 Å². The van der Waals surface area contributed by atoms with Gasteiger partial charge in [-0.05, 0) is 49.2 Å². The number of aliphatic hydroxyl groups excluding tert-OH is 1. The first-order chi connectivity index (χ1) is 9.56. The van der Waals surface area contributed by atoms with Gasteiger partial charge in [-0.2, -0.15) is 0 Å². The summed E-state index contributed by atoms with van der Waals surface area (Å²) in [5, 5.41) is 9.97. The smallest absolute Gasteiger partial charge is 0.125 e. The van der Waals surface area contributed by atoms with Gasteiger partial charge in [-0.15, -0.1) is 0 Å². The van der Waals surface area contributed by atoms with Crippen LogP contribution in [-0.4, -0.2) is 11.7 Å². The molecule has 0 bridgehead atoms. The summed E-state index contributed by atoms with van der Waals surface area (Å²) < 4.78 is 14.4. The number of rotatable bonds is 2. The van der Waals surface area contributed by atoms with Crippen molar-refractivity contribution in [1.29, 1.82) is 0 Å². The molecule has 0 amide bonds. The molecule has 1 aliphatic rings. The van der Waals surface area contributed by atoms with Gasteiger partial charge >= 0.3 is 0 Å². The van der Waals surface area contributed by atoms with Crippen LogP contribution in [0.15, 0.2) is 40.9 Å². The van der Waals surface area contributed by atoms with Crippen LogP contribution < -0.4 is 4.90 Å². The fraction of sp³-hybridized carbons (Fsp3) is 0.250. The SMILES string of the molecule is CC(O)c1cc(Br)ccc1N1CCc2ccc(F)cc21. The summed E-state index contributed by atoms with van der Waals surface area (Å²) in [7, 11) is 0. The third-order valence-corrected chi connectivity index (χ3v) is 4.17. The molecule has 0 aromatic heterocycles. The van der Waals surface area contributed by atoms with Crippen LogP contribution in [0.5, 0.6) is 0 Å². The predicted molar refractivity (Wildman–Crippen MR) is 81.9 cm³/mol. The van der Waals surface area contributed by atoms with Crippen molar-refractivity contribution in [2.75, 3.05) is 11.4 Å². The second-order valence-corrected chi connectivity index (χ2v) is 5.97. The van der Waals surface area contributed by atoms with Crippen LogP contribution in [0.2, 0.25) is 0 Å². The Morgan fingerprint density at radius 2 is 2.00 bits per heavy atom. The van der Waals surface area contributed by atoms with E-state index in [0.717, 1.165) is 39.9 Å². The summed E-state index contributed by atoms with van der Waals surface area (Å²) in [6.07, 6.45) is 0.324. The number of halogens is 2. The Balaban J connectivity index is 2.10. The summed E-state index contributed by atoms with van der Waals surface area (Å²) in [4.78, 5) is 2.08. The van der Waals surface area contributed by atoms with Crippen LogP contribution in [-0.2, 0) is 6.42 Å². The lowest BCUT2D eigenvalue weighted by Crippen LogP contribution is -2.16. The van der Waals surface area contributed by atoms with Crippen LogP contribution in [0, 0.1) is 5.82 Å². The van der Waals surface area contributed by atoms with Crippen molar-refractivity contribution in [3.8, 4) is 0 Å². The first-order valence-corrected chi connectivity index (χ1v) is 7.39. The summed E-state index contributed by atoms with van der Waals surface area (Å²) >= 11 is 3.43. The predicted octanol–water partition coefficient (Wildman–Crippen LogP) is 4.34. The van der Waals surface area contributed by atoms with Gasteiger partial charge in [0.05, 0.1) is 6.10 Å². The lowest BCUT2D eigenvalue weighted by Gasteiger charge is -2.24. The second-order valence-electron chi connectivity index (χ2n) is 5.05. The van der Waals surface area contributed by atoms with Gasteiger partial charge in [-0.3, -0.25) is 0 Å². The van der Waals surface area contributed by atoms with E-state index in [1.54, 1.807) is 13.0 Å². The van der Waals surface area contributed by atoms with Crippen molar-refractivity contribution in [3.05, 3.63) is 57.8 Å². The molecule has 2 aromatic rings. The van der Waals surface area contributed by atoms with Gasteiger partial charge in [-0.1, -0.05) is 22.0 Å². The maximum absolute atomic E-state index is 13.5. The Labute approximate surface area is 126 Å². The van der Waals surface area contributed by atoms with E-state index in [-0.39, 0.29) is 5.82 Å². The average Bonchev–Trinajstić information content (AvgIpc) is 2.81. The maximum Gasteiger partial charge on any atom is 0.125 e. The molecule has 1 atom stereocenters. The highest BCUT2D eigenvalue weighted by Crippen LogP contribution is 2.39. The number of benzene rings is 2. The van der Waals surface area contributed by atoms with Gasteiger partial charge in [-0.25, -0.2) is 4.39 Å². The average molecular weight is 336 g/mol. The van der Waals surface area contributed by atoms with E-state index in [0.29, 0.717) is 0 Å². The van der Waals surface area contributed by atoms with Crippen LogP contribution in [0.25, 0.3) is 0 Å². The minimum atomic E-state index is -0.569. The van der Waals surface area contributed by atoms with Gasteiger partial charge < -0.3 is 10.0 Å². The highest BCUT2D eigenvalue weighted by atomic mass is 79.9. The molecule has 0 fully saturated rings. The fourth-order valence-corrected chi connectivity index (χ4v) is 3.09. The van der Waals surface area contributed by atoms with Gasteiger partial charge in [0, 0.05) is 28.0 Å². The van der Waals surface area contributed by atoms with Gasteiger partial charge in [0.15, 0.2) is 0 Å². The Bertz CT molecular complexity index is 657. The molecule has 20 heavy (non-hydrogen) atoms. The standard InChI is InChI=1S/C16H15BrFNO/c1-10(20)14-8-12(17)3-5-15(14)19-7-6-11-2-4-13(18)9-16(11)19/h2-5,8-10,20H,6-7H2,1H3. The monoisotopic (exact) mass is 335 g/mol. The number of aliphatic hydroxyl groups is 1. The molecule has 0 saturated heterocycles. The lowest BCUT2D eigenvalue weighted by atomic mass is 10.1. The van der Waals surface area contributed by atoms with E-state index in [4.69, 9.17) is 0 Å². The third-order valence-electron chi connectivity index (χ3n) is 3.67. The topological polar surface area (TPSA) is 23.5 Å². The Morgan fingerprint density at radius 3 is 2.75 bits per heavy atom. The van der Waals surface area contributed by atoms with E-state index >= 15 is 0 Å². The van der Waals surface area contributed by atoms with E-state index in [1.807, 2.05) is 24.3 Å². The Kier molecular flexibility index (Phi) is 3.52. The molecular formula is C16H15BrFNO. The third kappa shape index (κ3) is 2.34. The molecule has 0 aliphatic carbocycles. The molecule has 0 radical (unpaired) electrons. The van der Waals surface area contributed by atoms with E-state index in [9.17, 15) is 9.50 Å². The van der Waals surface area contributed by atoms with Gasteiger partial charge in [0.25, 0.3) is 0 Å². The molecule has 1 unspecified atom stereocenters. The largest absolute Gasteiger partial charge is 0.389 e. The van der Waals surface area contributed by atoms with Gasteiger partial charge in [0.1, 0.15) is 5.82 Å². The maximum atomic E-state index is 13.5. The molecule has 1 heterocycles. The number of hydrogen-bond donors (Lipinski definition) is 1. The first-order valence-electron chi connectivity index (χ1n) is 6.60. The van der Waals surface area contributed by atoms with Crippen LogP contribution >= 0.6 is 15.9 Å². The quantitative estimate of drug-likeness (QED) is 0.882. The molecule has 4 heteroatoms. The molecule has 0 spiro atoms. The molecule has 2 nitrogen and oxygen atoms in total. The molecular weight excluding hydrogens is 321 g/mol. The normalized spacial score (nSPS) is 15.3. The van der Waals surface area contributed by atoms with Crippen molar-refractivity contribution in [2.45, 2.75) is 19.4 Å². The summed E-state index contributed by atoms with van der Waals surface area (Å²) in [5.41, 5.74) is 3.82. The van der Waals surface area contributed by atoms with Crippen molar-refractivity contribution in [1.82, 2.24) is 0 Å². The number of hydrogen-bond acceptors (Lipinski definition) is 2. The zero-order valence-electron chi connectivity index (χ0n) is 11.1. The number of fused-ring (bicyclic) bond motifs is 1. The summed E-state index contributed by atoms with van der Waals surface area (Å²) in [6.45, 7) is 2.55. The molecule has 3 rings (SSSR count). The van der Waals surface area contributed by atoms with Crippen LogP contribution in [0.3, 0.4) is 0 Å². The summed E-state index contributed by atoms with van der Waals surface area (Å²) in [5.74, 6) is -0.230. The highest BCUT2D eigenvalue weighted by Gasteiger charge is 2.24. The zero-order chi connectivity index (χ0) is 14.3. The summed E-state index contributed by atoms with van der Waals surface area (Å²) in [6, 6.07) is 10.7. The molecule has 1 aliphatic heterocycles. The van der Waals surface area contributed by atoms with Crippen LogP contribution in [0.1, 0.15) is 24.2 Å². The Morgan fingerprint density at radius 1 is 1.20 bits per heavy atom. The first kappa shape index (κ1) is 13.6. The minimum absolute atomic E-state index is 0.230. The van der Waals surface area contributed by atoms with E-state index in [1.165, 1.54) is 6.07 Å². The fourth-order valence-electron chi connectivity index (χ4n) is 2.71. The van der Waals surface area contributed by atoms with E-state index < -0.39 is 6.10 Å². The molecule has 0 saturated carbocycles. The number of anilines is 2. The number of nitrogens with zero attached hydrogens (tertiary/aromatic N) is 1. The van der Waals surface area contributed by atoms with Crippen molar-refractivity contribution in [2.24, 2.45) is 0 Å². The van der Waals surface area contributed by atoms with E-state index in [2.05, 4.69) is 20.8 Å². The van der Waals surface area contributed by atoms with Crippen LogP contribution in [0.4, 0.5) is 15.8 Å². The highest BCUT2D eigenvalue weighted by molar-refractivity contribution is 9.10. The lowest BCUT2D eigenvalue weighted by molar-refractivity contribution is 0.199. The molecule has 1 N–H and O–H groups in total. The molecule has 2 aromatic carbocycles. The second kappa shape index (κ2) is 5.19. The zero-order valence-corrected chi connectivity index (χ0v) is 12.7.